The molecule has 0 amide bonds. The van der Waals surface area contributed by atoms with Crippen molar-refractivity contribution < 1.29 is 13.9 Å². The zero-order valence-corrected chi connectivity index (χ0v) is 10.7. The number of halogens is 2. The number of benzene rings is 1. The van der Waals surface area contributed by atoms with Crippen LogP contribution in [0, 0.1) is 11.6 Å². The van der Waals surface area contributed by atoms with Crippen LogP contribution in [0.4, 0.5) is 14.5 Å². The highest BCUT2D eigenvalue weighted by molar-refractivity contribution is 5.48. The smallest absolute Gasteiger partial charge is 0.149 e. The number of aliphatic hydroxyl groups is 1. The van der Waals surface area contributed by atoms with E-state index in [-0.39, 0.29) is 6.54 Å². The standard InChI is InChI=1S/C13H19F2N3O/c14-10-1-2-13(12(15)7-10)18-5-3-17(4-6-18)9-11(19)8-16/h1-2,7,11,19H,3-6,8-9,16H2. The fourth-order valence-corrected chi connectivity index (χ4v) is 2.28. The summed E-state index contributed by atoms with van der Waals surface area (Å²) in [6.07, 6.45) is -0.519. The second-order valence-electron chi connectivity index (χ2n) is 4.77. The Bertz CT molecular complexity index is 422. The van der Waals surface area contributed by atoms with Gasteiger partial charge in [-0.1, -0.05) is 0 Å². The average Bonchev–Trinajstić information content (AvgIpc) is 2.40. The fraction of sp³-hybridized carbons (Fsp3) is 0.538. The maximum Gasteiger partial charge on any atom is 0.149 e. The summed E-state index contributed by atoms with van der Waals surface area (Å²) in [6.45, 7) is 3.55. The average molecular weight is 271 g/mol. The quantitative estimate of drug-likeness (QED) is 0.832. The lowest BCUT2D eigenvalue weighted by molar-refractivity contribution is 0.115. The minimum Gasteiger partial charge on any atom is -0.390 e. The topological polar surface area (TPSA) is 52.7 Å². The van der Waals surface area contributed by atoms with E-state index in [2.05, 4.69) is 4.90 Å². The van der Waals surface area contributed by atoms with Gasteiger partial charge in [0.2, 0.25) is 0 Å². The molecule has 1 fully saturated rings. The van der Waals surface area contributed by atoms with E-state index >= 15 is 0 Å². The van der Waals surface area contributed by atoms with Crippen molar-refractivity contribution in [2.45, 2.75) is 6.10 Å². The third kappa shape index (κ3) is 3.62. The largest absolute Gasteiger partial charge is 0.390 e. The van der Waals surface area contributed by atoms with Crippen LogP contribution in [-0.2, 0) is 0 Å². The molecule has 3 N–H and O–H groups in total. The maximum atomic E-state index is 13.6. The Morgan fingerprint density at radius 3 is 2.47 bits per heavy atom. The Labute approximate surface area is 111 Å². The molecule has 0 aromatic heterocycles. The summed E-state index contributed by atoms with van der Waals surface area (Å²) in [6, 6.07) is 3.64. The Morgan fingerprint density at radius 2 is 1.89 bits per heavy atom. The lowest BCUT2D eigenvalue weighted by Gasteiger charge is -2.36. The van der Waals surface area contributed by atoms with Gasteiger partial charge in [-0.2, -0.15) is 0 Å². The lowest BCUT2D eigenvalue weighted by Crippen LogP contribution is -2.49. The third-order valence-electron chi connectivity index (χ3n) is 3.36. The Balaban J connectivity index is 1.92. The summed E-state index contributed by atoms with van der Waals surface area (Å²) >= 11 is 0. The Kier molecular flexibility index (Phi) is 4.68. The molecule has 1 aromatic rings. The van der Waals surface area contributed by atoms with E-state index in [4.69, 9.17) is 5.73 Å². The van der Waals surface area contributed by atoms with Crippen molar-refractivity contribution >= 4 is 5.69 Å². The van der Waals surface area contributed by atoms with Gasteiger partial charge in [-0.3, -0.25) is 4.90 Å². The molecule has 1 aliphatic heterocycles. The molecule has 0 aliphatic carbocycles. The van der Waals surface area contributed by atoms with Crippen molar-refractivity contribution in [3.05, 3.63) is 29.8 Å². The number of β-amino-alcohol motifs (C(OH)–C–C–N with tert-alkyl or cyclic N) is 1. The van der Waals surface area contributed by atoms with Crippen molar-refractivity contribution in [1.29, 1.82) is 0 Å². The molecule has 19 heavy (non-hydrogen) atoms. The number of anilines is 1. The van der Waals surface area contributed by atoms with Gasteiger partial charge in [0.15, 0.2) is 0 Å². The second-order valence-corrected chi connectivity index (χ2v) is 4.77. The molecule has 1 heterocycles. The van der Waals surface area contributed by atoms with E-state index in [1.54, 1.807) is 0 Å². The molecule has 1 aliphatic rings. The molecule has 1 unspecified atom stereocenters. The van der Waals surface area contributed by atoms with Crippen LogP contribution in [-0.4, -0.2) is 55.4 Å². The summed E-state index contributed by atoms with van der Waals surface area (Å²) in [5.74, 6) is -1.10. The van der Waals surface area contributed by atoms with Crippen LogP contribution in [0.5, 0.6) is 0 Å². The lowest BCUT2D eigenvalue weighted by atomic mass is 10.2. The first-order valence-corrected chi connectivity index (χ1v) is 6.40. The zero-order valence-electron chi connectivity index (χ0n) is 10.7. The number of hydrogen-bond acceptors (Lipinski definition) is 4. The molecule has 0 radical (unpaired) electrons. The number of nitrogens with two attached hydrogens (primary N) is 1. The summed E-state index contributed by atoms with van der Waals surface area (Å²) < 4.78 is 26.5. The predicted molar refractivity (Wildman–Crippen MR) is 70.1 cm³/mol. The van der Waals surface area contributed by atoms with Gasteiger partial charge in [-0.05, 0) is 12.1 Å². The van der Waals surface area contributed by atoms with Gasteiger partial charge < -0.3 is 15.7 Å². The van der Waals surface area contributed by atoms with E-state index in [1.807, 2.05) is 4.90 Å². The molecule has 4 nitrogen and oxygen atoms in total. The Morgan fingerprint density at radius 1 is 1.21 bits per heavy atom. The molecule has 0 spiro atoms. The van der Waals surface area contributed by atoms with Crippen LogP contribution in [0.2, 0.25) is 0 Å². The van der Waals surface area contributed by atoms with E-state index in [9.17, 15) is 13.9 Å². The SMILES string of the molecule is NCC(O)CN1CCN(c2ccc(F)cc2F)CC1. The highest BCUT2D eigenvalue weighted by Gasteiger charge is 2.20. The van der Waals surface area contributed by atoms with Crippen molar-refractivity contribution in [2.24, 2.45) is 5.73 Å². The van der Waals surface area contributed by atoms with Crippen LogP contribution in [0.15, 0.2) is 18.2 Å². The van der Waals surface area contributed by atoms with Crippen LogP contribution in [0.3, 0.4) is 0 Å². The van der Waals surface area contributed by atoms with Gasteiger partial charge in [0.1, 0.15) is 11.6 Å². The van der Waals surface area contributed by atoms with Gasteiger partial charge in [-0.25, -0.2) is 8.78 Å². The van der Waals surface area contributed by atoms with E-state index < -0.39 is 17.7 Å². The van der Waals surface area contributed by atoms with Crippen LogP contribution in [0.1, 0.15) is 0 Å². The first-order chi connectivity index (χ1) is 9.10. The van der Waals surface area contributed by atoms with Crippen LogP contribution in [0.25, 0.3) is 0 Å². The molecule has 1 saturated heterocycles. The minimum atomic E-state index is -0.564. The Hall–Kier alpha value is -1.24. The van der Waals surface area contributed by atoms with E-state index in [0.29, 0.717) is 25.3 Å². The number of nitrogens with zero attached hydrogens (tertiary/aromatic N) is 2. The molecule has 2 rings (SSSR count). The van der Waals surface area contributed by atoms with Crippen molar-refractivity contribution in [3.63, 3.8) is 0 Å². The normalized spacial score (nSPS) is 18.6. The van der Waals surface area contributed by atoms with Gasteiger partial charge >= 0.3 is 0 Å². The van der Waals surface area contributed by atoms with Crippen LogP contribution >= 0.6 is 0 Å². The molecule has 6 heteroatoms. The number of aliphatic hydroxyl groups excluding tert-OH is 1. The van der Waals surface area contributed by atoms with Crippen molar-refractivity contribution in [2.75, 3.05) is 44.2 Å². The van der Waals surface area contributed by atoms with E-state index in [0.717, 1.165) is 19.2 Å². The zero-order chi connectivity index (χ0) is 13.8. The molecular weight excluding hydrogens is 252 g/mol. The fourth-order valence-electron chi connectivity index (χ4n) is 2.28. The monoisotopic (exact) mass is 271 g/mol. The molecule has 1 aromatic carbocycles. The predicted octanol–water partition coefficient (Wildman–Crippen LogP) is 0.406. The summed E-state index contributed by atoms with van der Waals surface area (Å²) in [7, 11) is 0. The summed E-state index contributed by atoms with van der Waals surface area (Å²) in [5.41, 5.74) is 5.80. The molecule has 106 valence electrons. The highest BCUT2D eigenvalue weighted by atomic mass is 19.1. The number of hydrogen-bond donors (Lipinski definition) is 2. The van der Waals surface area contributed by atoms with Gasteiger partial charge in [-0.15, -0.1) is 0 Å². The van der Waals surface area contributed by atoms with Crippen LogP contribution < -0.4 is 10.6 Å². The van der Waals surface area contributed by atoms with Gasteiger partial charge in [0.25, 0.3) is 0 Å². The second kappa shape index (κ2) is 6.27. The molecular formula is C13H19F2N3O. The summed E-state index contributed by atoms with van der Waals surface area (Å²) in [4.78, 5) is 3.98. The van der Waals surface area contributed by atoms with Crippen molar-refractivity contribution in [3.8, 4) is 0 Å². The number of rotatable bonds is 4. The molecule has 0 bridgehead atoms. The van der Waals surface area contributed by atoms with Crippen molar-refractivity contribution in [1.82, 2.24) is 4.90 Å². The first-order valence-electron chi connectivity index (χ1n) is 6.40. The van der Waals surface area contributed by atoms with Gasteiger partial charge in [0.05, 0.1) is 11.8 Å². The molecule has 0 saturated carbocycles. The van der Waals surface area contributed by atoms with E-state index in [1.165, 1.54) is 12.1 Å². The number of piperazine rings is 1. The highest BCUT2D eigenvalue weighted by Crippen LogP contribution is 2.21. The maximum absolute atomic E-state index is 13.6. The summed E-state index contributed by atoms with van der Waals surface area (Å²) in [5, 5.41) is 9.49. The minimum absolute atomic E-state index is 0.243. The first kappa shape index (κ1) is 14.2. The molecule has 1 atom stereocenters. The third-order valence-corrected chi connectivity index (χ3v) is 3.36. The van der Waals surface area contributed by atoms with Gasteiger partial charge in [0, 0.05) is 45.3 Å².